The van der Waals surface area contributed by atoms with Gasteiger partial charge >= 0.3 is 0 Å². The molecule has 0 aromatic heterocycles. The van der Waals surface area contributed by atoms with Gasteiger partial charge in [0.05, 0.1) is 13.2 Å². The molecule has 0 bridgehead atoms. The fraction of sp³-hybridized carbons (Fsp3) is 0.200. The summed E-state index contributed by atoms with van der Waals surface area (Å²) < 4.78 is 14.1. The molecule has 0 amide bonds. The average molecular weight is 478 g/mol. The Kier molecular flexibility index (Phi) is 4.16. The molecule has 3 rings (SSSR count). The van der Waals surface area contributed by atoms with E-state index in [1.165, 1.54) is 7.14 Å². The standard InChI is InChI=1S/C15H12I2O2/c16-10-2-4-12-13-5-3-11(17)9-15(13)19-7-1-6-18-14(12)8-10/h2-5,8-9H,1,6-7H2. The zero-order valence-corrected chi connectivity index (χ0v) is 14.5. The molecule has 2 aromatic carbocycles. The number of hydrogen-bond donors (Lipinski definition) is 0. The number of benzene rings is 2. The summed E-state index contributed by atoms with van der Waals surface area (Å²) >= 11 is 4.62. The van der Waals surface area contributed by atoms with E-state index < -0.39 is 0 Å². The van der Waals surface area contributed by atoms with Crippen molar-refractivity contribution in [3.63, 3.8) is 0 Å². The van der Waals surface area contributed by atoms with E-state index in [4.69, 9.17) is 9.47 Å². The van der Waals surface area contributed by atoms with Crippen molar-refractivity contribution in [2.75, 3.05) is 13.2 Å². The molecule has 1 heterocycles. The lowest BCUT2D eigenvalue weighted by Gasteiger charge is -2.13. The highest BCUT2D eigenvalue weighted by Gasteiger charge is 2.14. The summed E-state index contributed by atoms with van der Waals surface area (Å²) in [5.41, 5.74) is 2.21. The Bertz CT molecular complexity index is 558. The molecule has 0 atom stereocenters. The van der Waals surface area contributed by atoms with Crippen LogP contribution in [0, 0.1) is 7.14 Å². The number of hydrogen-bond acceptors (Lipinski definition) is 2. The van der Waals surface area contributed by atoms with Gasteiger partial charge in [-0.3, -0.25) is 0 Å². The highest BCUT2D eigenvalue weighted by atomic mass is 127. The molecule has 0 unspecified atom stereocenters. The van der Waals surface area contributed by atoms with E-state index in [1.54, 1.807) is 0 Å². The average Bonchev–Trinajstić information content (AvgIpc) is 2.47. The monoisotopic (exact) mass is 478 g/mol. The van der Waals surface area contributed by atoms with Crippen LogP contribution in [0.15, 0.2) is 36.4 Å². The number of rotatable bonds is 0. The van der Waals surface area contributed by atoms with Crippen LogP contribution in [-0.2, 0) is 0 Å². The topological polar surface area (TPSA) is 18.5 Å². The molecule has 0 aliphatic carbocycles. The van der Waals surface area contributed by atoms with E-state index in [0.29, 0.717) is 13.2 Å². The normalized spacial score (nSPS) is 14.0. The smallest absolute Gasteiger partial charge is 0.128 e. The summed E-state index contributed by atoms with van der Waals surface area (Å²) in [7, 11) is 0. The van der Waals surface area contributed by atoms with Crippen LogP contribution in [0.25, 0.3) is 11.1 Å². The maximum atomic E-state index is 5.89. The van der Waals surface area contributed by atoms with E-state index in [-0.39, 0.29) is 0 Å². The van der Waals surface area contributed by atoms with E-state index in [1.807, 2.05) is 0 Å². The van der Waals surface area contributed by atoms with Crippen molar-refractivity contribution in [2.45, 2.75) is 6.42 Å². The highest BCUT2D eigenvalue weighted by Crippen LogP contribution is 2.38. The number of ether oxygens (including phenoxy) is 2. The third-order valence-electron chi connectivity index (χ3n) is 2.98. The van der Waals surface area contributed by atoms with Gasteiger partial charge in [-0.25, -0.2) is 0 Å². The van der Waals surface area contributed by atoms with Gasteiger partial charge in [-0.1, -0.05) is 0 Å². The molecule has 0 radical (unpaired) electrons. The third kappa shape index (κ3) is 2.99. The molecule has 0 N–H and O–H groups in total. The van der Waals surface area contributed by atoms with Crippen molar-refractivity contribution in [3.05, 3.63) is 43.5 Å². The maximum Gasteiger partial charge on any atom is 0.128 e. The van der Waals surface area contributed by atoms with Crippen molar-refractivity contribution < 1.29 is 9.47 Å². The lowest BCUT2D eigenvalue weighted by Crippen LogP contribution is -2.03. The molecule has 2 nitrogen and oxygen atoms in total. The Labute approximate surface area is 139 Å². The van der Waals surface area contributed by atoms with Crippen LogP contribution < -0.4 is 9.47 Å². The van der Waals surface area contributed by atoms with Gasteiger partial charge in [0.25, 0.3) is 0 Å². The van der Waals surface area contributed by atoms with E-state index >= 15 is 0 Å². The van der Waals surface area contributed by atoms with Crippen LogP contribution in [0.2, 0.25) is 0 Å². The summed E-state index contributed by atoms with van der Waals surface area (Å²) in [6, 6.07) is 12.6. The molecule has 2 aromatic rings. The Balaban J connectivity index is 2.19. The molecule has 0 fully saturated rings. The van der Waals surface area contributed by atoms with Gasteiger partial charge in [0.1, 0.15) is 11.5 Å². The van der Waals surface area contributed by atoms with Crippen molar-refractivity contribution in [1.29, 1.82) is 0 Å². The lowest BCUT2D eigenvalue weighted by molar-refractivity contribution is 0.252. The molecule has 1 aliphatic rings. The molecule has 19 heavy (non-hydrogen) atoms. The van der Waals surface area contributed by atoms with Gasteiger partial charge in [0.2, 0.25) is 0 Å². The second-order valence-corrected chi connectivity index (χ2v) is 6.82. The first kappa shape index (κ1) is 13.5. The van der Waals surface area contributed by atoms with Gasteiger partial charge in [0, 0.05) is 24.7 Å². The minimum atomic E-state index is 0.693. The van der Waals surface area contributed by atoms with Crippen LogP contribution in [0.4, 0.5) is 0 Å². The van der Waals surface area contributed by atoms with Crippen molar-refractivity contribution >= 4 is 45.2 Å². The second kappa shape index (κ2) is 5.87. The van der Waals surface area contributed by atoms with Gasteiger partial charge in [-0.05, 0) is 81.6 Å². The van der Waals surface area contributed by atoms with Crippen molar-refractivity contribution in [2.24, 2.45) is 0 Å². The van der Waals surface area contributed by atoms with Crippen LogP contribution in [0.1, 0.15) is 6.42 Å². The van der Waals surface area contributed by atoms with Gasteiger partial charge in [-0.15, -0.1) is 0 Å². The Hall–Kier alpha value is -0.500. The third-order valence-corrected chi connectivity index (χ3v) is 4.32. The minimum absolute atomic E-state index is 0.693. The van der Waals surface area contributed by atoms with E-state index in [0.717, 1.165) is 29.0 Å². The Morgan fingerprint density at radius 3 is 1.68 bits per heavy atom. The minimum Gasteiger partial charge on any atom is -0.493 e. The number of fused-ring (bicyclic) bond motifs is 3. The maximum absolute atomic E-state index is 5.89. The van der Waals surface area contributed by atoms with Crippen LogP contribution in [0.3, 0.4) is 0 Å². The second-order valence-electron chi connectivity index (χ2n) is 4.33. The molecular formula is C15H12I2O2. The van der Waals surface area contributed by atoms with Crippen LogP contribution in [0.5, 0.6) is 11.5 Å². The zero-order chi connectivity index (χ0) is 13.2. The van der Waals surface area contributed by atoms with E-state index in [2.05, 4.69) is 81.6 Å². The van der Waals surface area contributed by atoms with Crippen LogP contribution in [-0.4, -0.2) is 13.2 Å². The predicted molar refractivity (Wildman–Crippen MR) is 92.9 cm³/mol. The molecule has 0 saturated carbocycles. The van der Waals surface area contributed by atoms with Crippen LogP contribution >= 0.6 is 45.2 Å². The molecule has 1 aliphatic heterocycles. The van der Waals surface area contributed by atoms with Gasteiger partial charge < -0.3 is 9.47 Å². The predicted octanol–water partition coefficient (Wildman–Crippen LogP) is 4.72. The first-order valence-corrected chi connectivity index (χ1v) is 8.25. The lowest BCUT2D eigenvalue weighted by atomic mass is 10.0. The van der Waals surface area contributed by atoms with Crippen molar-refractivity contribution in [3.8, 4) is 22.6 Å². The Morgan fingerprint density at radius 1 is 0.737 bits per heavy atom. The van der Waals surface area contributed by atoms with Gasteiger partial charge in [-0.2, -0.15) is 0 Å². The fourth-order valence-corrected chi connectivity index (χ4v) is 3.02. The SMILES string of the molecule is Ic1ccc2c(c1)OCCCOc1cc(I)ccc1-2. The molecular weight excluding hydrogens is 466 g/mol. The zero-order valence-electron chi connectivity index (χ0n) is 10.2. The van der Waals surface area contributed by atoms with E-state index in [9.17, 15) is 0 Å². The Morgan fingerprint density at radius 2 is 1.21 bits per heavy atom. The number of halogens is 2. The summed E-state index contributed by atoms with van der Waals surface area (Å²) in [6.45, 7) is 1.39. The fourth-order valence-electron chi connectivity index (χ4n) is 2.10. The molecule has 4 heteroatoms. The summed E-state index contributed by atoms with van der Waals surface area (Å²) in [5.74, 6) is 1.89. The van der Waals surface area contributed by atoms with Gasteiger partial charge in [0.15, 0.2) is 0 Å². The first-order chi connectivity index (χ1) is 9.24. The highest BCUT2D eigenvalue weighted by molar-refractivity contribution is 14.1. The molecule has 0 spiro atoms. The largest absolute Gasteiger partial charge is 0.493 e. The van der Waals surface area contributed by atoms with Crippen molar-refractivity contribution in [1.82, 2.24) is 0 Å². The quantitative estimate of drug-likeness (QED) is 0.511. The first-order valence-electron chi connectivity index (χ1n) is 6.09. The molecule has 0 saturated heterocycles. The summed E-state index contributed by atoms with van der Waals surface area (Å²) in [4.78, 5) is 0. The summed E-state index contributed by atoms with van der Waals surface area (Å²) in [5, 5.41) is 0. The summed E-state index contributed by atoms with van der Waals surface area (Å²) in [6.07, 6.45) is 0.899. The molecule has 98 valence electrons.